The molecule has 0 radical (unpaired) electrons. The molecule has 0 bridgehead atoms. The van der Waals surface area contributed by atoms with Crippen molar-refractivity contribution in [3.8, 4) is 11.3 Å². The fraction of sp³-hybridized carbons (Fsp3) is 0.217. The van der Waals surface area contributed by atoms with Gasteiger partial charge in [-0.3, -0.25) is 14.9 Å². The van der Waals surface area contributed by atoms with E-state index < -0.39 is 23.4 Å². The largest absolute Gasteiger partial charge is 0.380 e. The molecule has 5 nitrogen and oxygen atoms in total. The summed E-state index contributed by atoms with van der Waals surface area (Å²) in [6.07, 6.45) is 2.72. The highest BCUT2D eigenvalue weighted by Crippen LogP contribution is 2.48. The number of fused-ring (bicyclic) bond motifs is 1. The van der Waals surface area contributed by atoms with Crippen LogP contribution < -0.4 is 10.6 Å². The van der Waals surface area contributed by atoms with Gasteiger partial charge in [0, 0.05) is 24.1 Å². The summed E-state index contributed by atoms with van der Waals surface area (Å²) in [6, 6.07) is 8.04. The lowest BCUT2D eigenvalue weighted by molar-refractivity contribution is -0.124. The third-order valence-electron chi connectivity index (χ3n) is 5.98. The van der Waals surface area contributed by atoms with Crippen LogP contribution in [0, 0.1) is 23.4 Å². The molecule has 3 N–H and O–H groups in total. The Bertz CT molecular complexity index is 1240. The minimum Gasteiger partial charge on any atom is -0.380 e. The number of halogens is 3. The third-order valence-corrected chi connectivity index (χ3v) is 5.98. The summed E-state index contributed by atoms with van der Waals surface area (Å²) in [6.45, 7) is 0.514. The first-order chi connectivity index (χ1) is 14.9. The number of aromatic amines is 1. The molecule has 1 aliphatic carbocycles. The van der Waals surface area contributed by atoms with Gasteiger partial charge in [-0.05, 0) is 66.1 Å². The molecule has 8 heteroatoms. The van der Waals surface area contributed by atoms with E-state index in [9.17, 15) is 22.8 Å². The smallest absolute Gasteiger partial charge is 0.274 e. The van der Waals surface area contributed by atoms with Gasteiger partial charge in [0.05, 0.1) is 11.2 Å². The molecule has 1 fully saturated rings. The molecule has 2 amide bonds. The van der Waals surface area contributed by atoms with E-state index in [1.54, 1.807) is 12.1 Å². The number of rotatable bonds is 5. The zero-order valence-corrected chi connectivity index (χ0v) is 16.3. The van der Waals surface area contributed by atoms with Crippen molar-refractivity contribution < 1.29 is 22.8 Å². The molecule has 3 aromatic rings. The minimum atomic E-state index is -0.675. The Kier molecular flexibility index (Phi) is 4.57. The SMILES string of the molecule is O=C1C=C(NC[C@H]2C[C@H](c3c(-c4ccc(F)cc4)[nH]c4c(F)cc(F)cc43)C2)C(=O)N1. The summed E-state index contributed by atoms with van der Waals surface area (Å²) in [5, 5.41) is 5.66. The molecule has 5 rings (SSSR count). The first kappa shape index (κ1) is 19.4. The number of nitrogens with one attached hydrogen (secondary N) is 3. The van der Waals surface area contributed by atoms with Gasteiger partial charge >= 0.3 is 0 Å². The minimum absolute atomic E-state index is 0.0508. The standard InChI is InChI=1S/C23H18F3N3O2/c24-14-3-1-12(2-4-14)21-20(16-7-15(25)8-17(26)22(16)29-21)13-5-11(6-13)10-27-18-9-19(30)28-23(18)31/h1-4,7-9,11,13,29H,5-6,10H2,(H2,27,28,30,31)/t11-,13-. The van der Waals surface area contributed by atoms with Crippen LogP contribution in [0.5, 0.6) is 0 Å². The number of carbonyl (C=O) groups is 2. The Morgan fingerprint density at radius 1 is 1.00 bits per heavy atom. The van der Waals surface area contributed by atoms with Crippen LogP contribution in [0.3, 0.4) is 0 Å². The van der Waals surface area contributed by atoms with Gasteiger partial charge < -0.3 is 10.3 Å². The second kappa shape index (κ2) is 7.30. The van der Waals surface area contributed by atoms with E-state index >= 15 is 0 Å². The predicted octanol–water partition coefficient (Wildman–Crippen LogP) is 3.88. The molecule has 2 heterocycles. The Balaban J connectivity index is 1.42. The van der Waals surface area contributed by atoms with Crippen LogP contribution in [-0.2, 0) is 9.59 Å². The van der Waals surface area contributed by atoms with Crippen molar-refractivity contribution in [2.45, 2.75) is 18.8 Å². The van der Waals surface area contributed by atoms with Crippen LogP contribution in [0.25, 0.3) is 22.2 Å². The van der Waals surface area contributed by atoms with Crippen molar-refractivity contribution in [1.82, 2.24) is 15.6 Å². The molecule has 0 saturated heterocycles. The molecular formula is C23H18F3N3O2. The van der Waals surface area contributed by atoms with Gasteiger partial charge in [-0.25, -0.2) is 13.2 Å². The average Bonchev–Trinajstić information content (AvgIpc) is 3.21. The lowest BCUT2D eigenvalue weighted by Crippen LogP contribution is -2.34. The Morgan fingerprint density at radius 2 is 1.74 bits per heavy atom. The number of imide groups is 1. The maximum absolute atomic E-state index is 14.4. The fourth-order valence-electron chi connectivity index (χ4n) is 4.44. The van der Waals surface area contributed by atoms with E-state index in [-0.39, 0.29) is 28.9 Å². The maximum Gasteiger partial charge on any atom is 0.274 e. The number of aromatic nitrogens is 1. The topological polar surface area (TPSA) is 74.0 Å². The van der Waals surface area contributed by atoms with Crippen LogP contribution in [0.15, 0.2) is 48.2 Å². The molecule has 31 heavy (non-hydrogen) atoms. The fourth-order valence-corrected chi connectivity index (χ4v) is 4.44. The van der Waals surface area contributed by atoms with Gasteiger partial charge in [-0.15, -0.1) is 0 Å². The van der Waals surface area contributed by atoms with E-state index in [4.69, 9.17) is 0 Å². The van der Waals surface area contributed by atoms with Gasteiger partial charge in [0.15, 0.2) is 0 Å². The Morgan fingerprint density at radius 3 is 2.42 bits per heavy atom. The summed E-state index contributed by atoms with van der Waals surface area (Å²) in [5.41, 5.74) is 2.63. The van der Waals surface area contributed by atoms with Crippen LogP contribution in [0.2, 0.25) is 0 Å². The highest BCUT2D eigenvalue weighted by atomic mass is 19.1. The Labute approximate surface area is 175 Å². The normalized spacial score (nSPS) is 20.5. The van der Waals surface area contributed by atoms with Gasteiger partial charge in [0.25, 0.3) is 11.8 Å². The first-order valence-corrected chi connectivity index (χ1v) is 9.96. The molecule has 1 aromatic heterocycles. The zero-order valence-electron chi connectivity index (χ0n) is 16.3. The molecule has 0 spiro atoms. The van der Waals surface area contributed by atoms with Gasteiger partial charge in [-0.2, -0.15) is 0 Å². The summed E-state index contributed by atoms with van der Waals surface area (Å²) >= 11 is 0. The second-order valence-electron chi connectivity index (χ2n) is 8.02. The molecule has 0 unspecified atom stereocenters. The van der Waals surface area contributed by atoms with Crippen LogP contribution >= 0.6 is 0 Å². The van der Waals surface area contributed by atoms with Crippen LogP contribution in [-0.4, -0.2) is 23.3 Å². The van der Waals surface area contributed by atoms with Crippen molar-refractivity contribution in [2.75, 3.05) is 6.54 Å². The highest BCUT2D eigenvalue weighted by molar-refractivity contribution is 6.15. The highest BCUT2D eigenvalue weighted by Gasteiger charge is 2.35. The van der Waals surface area contributed by atoms with Crippen molar-refractivity contribution >= 4 is 22.7 Å². The van der Waals surface area contributed by atoms with E-state index in [0.717, 1.165) is 24.5 Å². The summed E-state index contributed by atoms with van der Waals surface area (Å²) in [7, 11) is 0. The lowest BCUT2D eigenvalue weighted by atomic mass is 9.70. The van der Waals surface area contributed by atoms with Gasteiger partial charge in [0.2, 0.25) is 0 Å². The van der Waals surface area contributed by atoms with Crippen molar-refractivity contribution in [3.05, 3.63) is 71.2 Å². The van der Waals surface area contributed by atoms with Crippen molar-refractivity contribution in [1.29, 1.82) is 0 Å². The number of carbonyl (C=O) groups excluding carboxylic acids is 2. The quantitative estimate of drug-likeness (QED) is 0.544. The summed E-state index contributed by atoms with van der Waals surface area (Å²) < 4.78 is 41.8. The number of hydrogen-bond acceptors (Lipinski definition) is 3. The second-order valence-corrected chi connectivity index (χ2v) is 8.02. The van der Waals surface area contributed by atoms with E-state index in [2.05, 4.69) is 15.6 Å². The lowest BCUT2D eigenvalue weighted by Gasteiger charge is -2.36. The zero-order chi connectivity index (χ0) is 21.7. The van der Waals surface area contributed by atoms with Gasteiger partial charge in [-0.1, -0.05) is 0 Å². The number of benzene rings is 2. The predicted molar refractivity (Wildman–Crippen MR) is 108 cm³/mol. The van der Waals surface area contributed by atoms with E-state index in [1.807, 2.05) is 0 Å². The third kappa shape index (κ3) is 3.48. The van der Waals surface area contributed by atoms with E-state index in [0.29, 0.717) is 23.2 Å². The Hall–Kier alpha value is -3.55. The molecule has 1 saturated carbocycles. The number of amides is 2. The summed E-state index contributed by atoms with van der Waals surface area (Å²) in [5.74, 6) is -2.30. The average molecular weight is 425 g/mol. The van der Waals surface area contributed by atoms with Gasteiger partial charge in [0.1, 0.15) is 23.1 Å². The molecular weight excluding hydrogens is 407 g/mol. The monoisotopic (exact) mass is 425 g/mol. The summed E-state index contributed by atoms with van der Waals surface area (Å²) in [4.78, 5) is 25.9. The molecule has 0 atom stereocenters. The van der Waals surface area contributed by atoms with Crippen molar-refractivity contribution in [2.24, 2.45) is 5.92 Å². The molecule has 2 aliphatic rings. The molecule has 1 aliphatic heterocycles. The first-order valence-electron chi connectivity index (χ1n) is 9.96. The van der Waals surface area contributed by atoms with Crippen LogP contribution in [0.4, 0.5) is 13.2 Å². The van der Waals surface area contributed by atoms with Crippen molar-refractivity contribution in [3.63, 3.8) is 0 Å². The van der Waals surface area contributed by atoms with E-state index in [1.165, 1.54) is 24.3 Å². The number of hydrogen-bond donors (Lipinski definition) is 3. The number of H-pyrrole nitrogens is 1. The maximum atomic E-state index is 14.4. The molecule has 2 aromatic carbocycles. The molecule has 158 valence electrons. The van der Waals surface area contributed by atoms with Crippen LogP contribution in [0.1, 0.15) is 24.3 Å².